The Morgan fingerprint density at radius 3 is 2.66 bits per heavy atom. The fourth-order valence-electron chi connectivity index (χ4n) is 7.22. The lowest BCUT2D eigenvalue weighted by molar-refractivity contribution is -0.129. The van der Waals surface area contributed by atoms with Crippen molar-refractivity contribution in [3.63, 3.8) is 0 Å². The van der Waals surface area contributed by atoms with Crippen LogP contribution in [0.25, 0.3) is 0 Å². The molecule has 2 unspecified atom stereocenters. The maximum absolute atomic E-state index is 15.2. The molecule has 35 heavy (non-hydrogen) atoms. The van der Waals surface area contributed by atoms with E-state index in [2.05, 4.69) is 20.3 Å². The van der Waals surface area contributed by atoms with Gasteiger partial charge in [-0.3, -0.25) is 4.79 Å². The van der Waals surface area contributed by atoms with Crippen LogP contribution in [-0.4, -0.2) is 63.3 Å². The summed E-state index contributed by atoms with van der Waals surface area (Å²) in [6.45, 7) is 3.75. The fourth-order valence-corrected chi connectivity index (χ4v) is 7.22. The molecule has 1 aliphatic heterocycles. The smallest absolute Gasteiger partial charge is 0.267 e. The van der Waals surface area contributed by atoms with Crippen LogP contribution in [0.1, 0.15) is 49.5 Å². The van der Waals surface area contributed by atoms with Crippen LogP contribution >= 0.6 is 0 Å². The van der Waals surface area contributed by atoms with E-state index in [-0.39, 0.29) is 23.6 Å². The van der Waals surface area contributed by atoms with E-state index < -0.39 is 11.5 Å². The molecule has 10 heteroatoms. The Bertz CT molecular complexity index is 1130. The van der Waals surface area contributed by atoms with E-state index in [1.165, 1.54) is 18.3 Å². The Morgan fingerprint density at radius 2 is 2.00 bits per heavy atom. The highest BCUT2D eigenvalue weighted by atomic mass is 19.1. The summed E-state index contributed by atoms with van der Waals surface area (Å²) in [6, 6.07) is 3.26. The summed E-state index contributed by atoms with van der Waals surface area (Å²) < 4.78 is 15.2. The van der Waals surface area contributed by atoms with Crippen molar-refractivity contribution in [1.29, 1.82) is 0 Å². The van der Waals surface area contributed by atoms with Crippen molar-refractivity contribution in [2.24, 2.45) is 23.5 Å². The first-order valence-electron chi connectivity index (χ1n) is 12.6. The van der Waals surface area contributed by atoms with Gasteiger partial charge < -0.3 is 26.0 Å². The molecule has 2 aromatic heterocycles. The summed E-state index contributed by atoms with van der Waals surface area (Å²) in [5.41, 5.74) is 5.53. The number of carbonyl (C=O) groups is 1. The van der Waals surface area contributed by atoms with Gasteiger partial charge in [0.1, 0.15) is 11.5 Å². The third-order valence-electron chi connectivity index (χ3n) is 8.51. The van der Waals surface area contributed by atoms with Crippen molar-refractivity contribution in [3.8, 4) is 0 Å². The second-order valence-corrected chi connectivity index (χ2v) is 11.0. The van der Waals surface area contributed by atoms with Gasteiger partial charge in [0, 0.05) is 44.0 Å². The first kappa shape index (κ1) is 22.5. The lowest BCUT2D eigenvalue weighted by Gasteiger charge is -2.58. The number of nitrogens with zero attached hydrogens (tertiary/aromatic N) is 5. The molecule has 0 spiro atoms. The molecule has 2 aromatic rings. The van der Waals surface area contributed by atoms with Gasteiger partial charge in [-0.2, -0.15) is 0 Å². The average molecular weight is 482 g/mol. The molecule has 1 amide bonds. The number of halogens is 1. The van der Waals surface area contributed by atoms with E-state index in [1.807, 2.05) is 16.7 Å². The normalized spacial score (nSPS) is 33.7. The molecular formula is C25H32FN7O2. The van der Waals surface area contributed by atoms with Gasteiger partial charge in [-0.05, 0) is 62.8 Å². The van der Waals surface area contributed by atoms with E-state index in [1.54, 1.807) is 6.20 Å². The Labute approximate surface area is 203 Å². The molecule has 3 heterocycles. The molecule has 5 fully saturated rings. The Morgan fingerprint density at radius 1 is 1.23 bits per heavy atom. The van der Waals surface area contributed by atoms with Crippen molar-refractivity contribution >= 4 is 23.4 Å². The van der Waals surface area contributed by atoms with Crippen LogP contribution < -0.4 is 20.9 Å². The van der Waals surface area contributed by atoms with Crippen LogP contribution in [0.15, 0.2) is 24.5 Å². The summed E-state index contributed by atoms with van der Waals surface area (Å²) >= 11 is 0. The number of hydrogen-bond donors (Lipinski definition) is 3. The predicted molar refractivity (Wildman–Crippen MR) is 130 cm³/mol. The molecule has 0 radical (unpaired) electrons. The molecule has 4 saturated carbocycles. The second kappa shape index (κ2) is 8.29. The predicted octanol–water partition coefficient (Wildman–Crippen LogP) is 2.18. The van der Waals surface area contributed by atoms with Crippen molar-refractivity contribution in [3.05, 3.63) is 36.0 Å². The molecular weight excluding hydrogens is 449 g/mol. The number of nitrogens with two attached hydrogens (primary N) is 1. The van der Waals surface area contributed by atoms with Gasteiger partial charge in [0.2, 0.25) is 5.95 Å². The Hall–Kier alpha value is -3.01. The number of aromatic nitrogens is 3. The molecule has 4 bridgehead atoms. The van der Waals surface area contributed by atoms with Crippen LogP contribution in [0, 0.1) is 23.6 Å². The van der Waals surface area contributed by atoms with Gasteiger partial charge in [0.15, 0.2) is 5.82 Å². The third-order valence-corrected chi connectivity index (χ3v) is 8.51. The number of hydrogen-bond acceptors (Lipinski definition) is 8. The zero-order valence-electron chi connectivity index (χ0n) is 19.9. The highest BCUT2D eigenvalue weighted by Gasteiger charge is 2.54. The SMILES string of the molecule is C[C@@H]1CN(c2cnc(NC3C4CC5CC3CC(O)(C5)C4)cc2F)CCN1c1nccc(C(N)=O)n1. The first-order chi connectivity index (χ1) is 16.8. The fraction of sp³-hybridized carbons (Fsp3) is 0.600. The number of nitrogens with one attached hydrogen (secondary N) is 1. The van der Waals surface area contributed by atoms with Crippen LogP contribution in [0.3, 0.4) is 0 Å². The highest BCUT2D eigenvalue weighted by molar-refractivity contribution is 5.90. The van der Waals surface area contributed by atoms with Gasteiger partial charge in [-0.1, -0.05) is 0 Å². The molecule has 186 valence electrons. The van der Waals surface area contributed by atoms with E-state index >= 15 is 4.39 Å². The minimum atomic E-state index is -0.591. The van der Waals surface area contributed by atoms with Crippen LogP contribution in [0.4, 0.5) is 21.8 Å². The number of rotatable bonds is 5. The number of carbonyl (C=O) groups excluding carboxylic acids is 1. The number of piperazine rings is 1. The number of anilines is 3. The summed E-state index contributed by atoms with van der Waals surface area (Å²) in [7, 11) is 0. The Kier molecular flexibility index (Phi) is 5.32. The van der Waals surface area contributed by atoms with Crippen molar-refractivity contribution in [1.82, 2.24) is 15.0 Å². The second-order valence-electron chi connectivity index (χ2n) is 11.0. The first-order valence-corrected chi connectivity index (χ1v) is 12.6. The standard InChI is InChI=1S/C25H32FN7O2/c1-14-13-32(4-5-33(14)24-28-3-2-19(30-24)23(27)34)20-12-29-21(8-18(20)26)31-22-16-6-15-7-17(22)11-25(35,9-15)10-16/h2-3,8,12,14-17,22,35H,4-7,9-11,13H2,1H3,(H2,27,34)(H,29,31)/t14-,15?,16?,17?,22?,25?/m1/s1. The van der Waals surface area contributed by atoms with Gasteiger partial charge in [0.25, 0.3) is 5.91 Å². The summed E-state index contributed by atoms with van der Waals surface area (Å²) in [4.78, 5) is 28.6. The van der Waals surface area contributed by atoms with E-state index in [4.69, 9.17) is 5.73 Å². The third kappa shape index (κ3) is 4.07. The lowest BCUT2D eigenvalue weighted by Crippen LogP contribution is -2.59. The van der Waals surface area contributed by atoms with E-state index in [0.717, 1.165) is 32.1 Å². The molecule has 7 rings (SSSR count). The number of aliphatic hydroxyl groups is 1. The molecule has 4 aliphatic carbocycles. The summed E-state index contributed by atoms with van der Waals surface area (Å²) in [5, 5.41) is 14.3. The molecule has 0 aromatic carbocycles. The largest absolute Gasteiger partial charge is 0.390 e. The van der Waals surface area contributed by atoms with Crippen molar-refractivity contribution < 1.29 is 14.3 Å². The molecule has 1 saturated heterocycles. The van der Waals surface area contributed by atoms with Gasteiger partial charge >= 0.3 is 0 Å². The zero-order chi connectivity index (χ0) is 24.3. The minimum Gasteiger partial charge on any atom is -0.390 e. The molecule has 9 nitrogen and oxygen atoms in total. The maximum Gasteiger partial charge on any atom is 0.267 e. The van der Waals surface area contributed by atoms with Gasteiger partial charge in [-0.25, -0.2) is 19.3 Å². The number of primary amides is 1. The molecule has 4 N–H and O–H groups in total. The van der Waals surface area contributed by atoms with Crippen LogP contribution in [0.5, 0.6) is 0 Å². The van der Waals surface area contributed by atoms with Crippen LogP contribution in [-0.2, 0) is 0 Å². The Balaban J connectivity index is 1.13. The van der Waals surface area contributed by atoms with E-state index in [9.17, 15) is 9.90 Å². The van der Waals surface area contributed by atoms with Gasteiger partial charge in [0.05, 0.1) is 17.5 Å². The average Bonchev–Trinajstić information content (AvgIpc) is 2.80. The highest BCUT2D eigenvalue weighted by Crippen LogP contribution is 2.56. The van der Waals surface area contributed by atoms with Gasteiger partial charge in [-0.15, -0.1) is 0 Å². The lowest BCUT2D eigenvalue weighted by atomic mass is 9.52. The van der Waals surface area contributed by atoms with Crippen molar-refractivity contribution in [2.75, 3.05) is 34.8 Å². The topological polar surface area (TPSA) is 121 Å². The maximum atomic E-state index is 15.2. The summed E-state index contributed by atoms with van der Waals surface area (Å²) in [6.07, 6.45) is 8.06. The van der Waals surface area contributed by atoms with Crippen LogP contribution in [0.2, 0.25) is 0 Å². The quantitative estimate of drug-likeness (QED) is 0.594. The number of amides is 1. The zero-order valence-corrected chi connectivity index (χ0v) is 19.9. The monoisotopic (exact) mass is 481 g/mol. The number of pyridine rings is 1. The van der Waals surface area contributed by atoms with Crippen molar-refractivity contribution in [2.45, 2.75) is 56.7 Å². The van der Waals surface area contributed by atoms with E-state index in [0.29, 0.717) is 54.8 Å². The minimum absolute atomic E-state index is 0.00271. The summed E-state index contributed by atoms with van der Waals surface area (Å²) in [5.74, 6) is 1.63. The molecule has 3 atom stereocenters. The molecule has 5 aliphatic rings.